The molecule has 2 aromatic carbocycles. The molecule has 3 heterocycles. The highest BCUT2D eigenvalue weighted by molar-refractivity contribution is 6.30. The summed E-state index contributed by atoms with van der Waals surface area (Å²) in [5.41, 5.74) is 3.58. The lowest BCUT2D eigenvalue weighted by atomic mass is 10.1. The van der Waals surface area contributed by atoms with E-state index in [1.54, 1.807) is 13.2 Å². The molecular formula is C23H22ClFN4O. The molecule has 5 nitrogen and oxygen atoms in total. The molecule has 4 aromatic rings. The van der Waals surface area contributed by atoms with Crippen molar-refractivity contribution in [3.63, 3.8) is 0 Å². The molecule has 0 N–H and O–H groups in total. The Morgan fingerprint density at radius 3 is 2.63 bits per heavy atom. The van der Waals surface area contributed by atoms with Gasteiger partial charge in [-0.2, -0.15) is 0 Å². The van der Waals surface area contributed by atoms with E-state index in [1.807, 2.05) is 46.9 Å². The van der Waals surface area contributed by atoms with Crippen molar-refractivity contribution in [2.75, 3.05) is 38.2 Å². The minimum Gasteiger partial charge on any atom is -0.496 e. The molecule has 0 unspecified atom stereocenters. The molecule has 1 aliphatic rings. The molecule has 1 saturated heterocycles. The third-order valence-corrected chi connectivity index (χ3v) is 5.92. The average molecular weight is 425 g/mol. The highest BCUT2D eigenvalue weighted by Gasteiger charge is 2.22. The molecule has 5 rings (SSSR count). The van der Waals surface area contributed by atoms with Crippen LogP contribution >= 0.6 is 11.6 Å². The lowest BCUT2D eigenvalue weighted by molar-refractivity contribution is 0.245. The first-order valence-electron chi connectivity index (χ1n) is 9.99. The van der Waals surface area contributed by atoms with Gasteiger partial charge in [-0.15, -0.1) is 0 Å². The molecule has 0 bridgehead atoms. The van der Waals surface area contributed by atoms with Crippen LogP contribution in [0.4, 0.5) is 10.2 Å². The Bertz CT molecular complexity index is 1220. The Labute approximate surface area is 179 Å². The van der Waals surface area contributed by atoms with Gasteiger partial charge in [0, 0.05) is 55.4 Å². The molecule has 0 amide bonds. The van der Waals surface area contributed by atoms with Crippen molar-refractivity contribution in [1.82, 2.24) is 14.3 Å². The number of hydrogen-bond donors (Lipinski definition) is 0. The quantitative estimate of drug-likeness (QED) is 0.479. The fourth-order valence-corrected chi connectivity index (χ4v) is 4.41. The van der Waals surface area contributed by atoms with Gasteiger partial charge >= 0.3 is 0 Å². The van der Waals surface area contributed by atoms with Crippen molar-refractivity contribution in [3.8, 4) is 5.75 Å². The first-order valence-corrected chi connectivity index (χ1v) is 10.4. The van der Waals surface area contributed by atoms with Gasteiger partial charge in [0.15, 0.2) is 0 Å². The summed E-state index contributed by atoms with van der Waals surface area (Å²) in [6.45, 7) is 4.09. The summed E-state index contributed by atoms with van der Waals surface area (Å²) in [6.07, 6.45) is 0. The van der Waals surface area contributed by atoms with Gasteiger partial charge < -0.3 is 9.64 Å². The number of benzene rings is 2. The largest absolute Gasteiger partial charge is 0.496 e. The SMILES string of the molecule is COc1ccc(Cl)cc1CN1CCN(c2cc(F)cc3nc4ccccc4n23)CC1. The zero-order valence-corrected chi connectivity index (χ0v) is 17.4. The van der Waals surface area contributed by atoms with E-state index in [1.165, 1.54) is 6.07 Å². The fraction of sp³-hybridized carbons (Fsp3) is 0.261. The number of piperazine rings is 1. The van der Waals surface area contributed by atoms with E-state index in [2.05, 4.69) is 14.8 Å². The zero-order valence-electron chi connectivity index (χ0n) is 16.7. The number of anilines is 1. The lowest BCUT2D eigenvalue weighted by Gasteiger charge is -2.36. The van der Waals surface area contributed by atoms with Gasteiger partial charge in [0.25, 0.3) is 0 Å². The number of nitrogens with zero attached hydrogens (tertiary/aromatic N) is 4. The van der Waals surface area contributed by atoms with Crippen LogP contribution in [0, 0.1) is 5.82 Å². The Balaban J connectivity index is 1.40. The van der Waals surface area contributed by atoms with Crippen LogP contribution in [0.15, 0.2) is 54.6 Å². The van der Waals surface area contributed by atoms with Crippen LogP contribution in [-0.4, -0.2) is 47.6 Å². The van der Waals surface area contributed by atoms with Crippen LogP contribution in [0.5, 0.6) is 5.75 Å². The molecule has 0 saturated carbocycles. The minimum atomic E-state index is -0.265. The predicted octanol–water partition coefficient (Wildman–Crippen LogP) is 4.61. The normalized spacial score (nSPS) is 15.2. The van der Waals surface area contributed by atoms with Crippen LogP contribution in [-0.2, 0) is 6.54 Å². The average Bonchev–Trinajstić information content (AvgIpc) is 3.12. The third-order valence-electron chi connectivity index (χ3n) is 5.68. The second-order valence-electron chi connectivity index (χ2n) is 7.55. The van der Waals surface area contributed by atoms with Gasteiger partial charge in [0.05, 0.1) is 18.1 Å². The number of methoxy groups -OCH3 is 1. The van der Waals surface area contributed by atoms with Crippen LogP contribution in [0.3, 0.4) is 0 Å². The number of aromatic nitrogens is 2. The molecular weight excluding hydrogens is 403 g/mol. The summed E-state index contributed by atoms with van der Waals surface area (Å²) in [7, 11) is 1.68. The Morgan fingerprint density at radius 2 is 1.83 bits per heavy atom. The second kappa shape index (κ2) is 7.78. The van der Waals surface area contributed by atoms with Crippen molar-refractivity contribution >= 4 is 34.1 Å². The van der Waals surface area contributed by atoms with Gasteiger partial charge in [-0.3, -0.25) is 9.30 Å². The maximum absolute atomic E-state index is 14.3. The molecule has 7 heteroatoms. The monoisotopic (exact) mass is 424 g/mol. The van der Waals surface area contributed by atoms with Gasteiger partial charge in [0.2, 0.25) is 0 Å². The minimum absolute atomic E-state index is 0.265. The molecule has 0 atom stereocenters. The predicted molar refractivity (Wildman–Crippen MR) is 118 cm³/mol. The Kier molecular flexibility index (Phi) is 4.97. The van der Waals surface area contributed by atoms with Gasteiger partial charge in [0.1, 0.15) is 23.0 Å². The van der Waals surface area contributed by atoms with E-state index in [9.17, 15) is 4.39 Å². The zero-order chi connectivity index (χ0) is 20.7. The maximum atomic E-state index is 14.3. The van der Waals surface area contributed by atoms with Crippen molar-refractivity contribution in [2.24, 2.45) is 0 Å². The lowest BCUT2D eigenvalue weighted by Crippen LogP contribution is -2.46. The van der Waals surface area contributed by atoms with E-state index in [-0.39, 0.29) is 5.82 Å². The topological polar surface area (TPSA) is 33.0 Å². The third kappa shape index (κ3) is 3.46. The smallest absolute Gasteiger partial charge is 0.142 e. The fourth-order valence-electron chi connectivity index (χ4n) is 4.21. The van der Waals surface area contributed by atoms with Gasteiger partial charge in [-0.1, -0.05) is 23.7 Å². The Hall–Kier alpha value is -2.83. The molecule has 154 valence electrons. The molecule has 1 aliphatic heterocycles. The van der Waals surface area contributed by atoms with Crippen molar-refractivity contribution in [1.29, 1.82) is 0 Å². The molecule has 0 spiro atoms. The maximum Gasteiger partial charge on any atom is 0.142 e. The van der Waals surface area contributed by atoms with Crippen LogP contribution < -0.4 is 9.64 Å². The van der Waals surface area contributed by atoms with Crippen molar-refractivity contribution in [2.45, 2.75) is 6.54 Å². The van der Waals surface area contributed by atoms with Crippen LogP contribution in [0.25, 0.3) is 16.7 Å². The molecule has 2 aromatic heterocycles. The summed E-state index contributed by atoms with van der Waals surface area (Å²) >= 11 is 6.18. The Morgan fingerprint density at radius 1 is 1.03 bits per heavy atom. The van der Waals surface area contributed by atoms with E-state index in [0.717, 1.165) is 60.9 Å². The number of fused-ring (bicyclic) bond motifs is 3. The highest BCUT2D eigenvalue weighted by atomic mass is 35.5. The highest BCUT2D eigenvalue weighted by Crippen LogP contribution is 2.28. The summed E-state index contributed by atoms with van der Waals surface area (Å²) in [4.78, 5) is 9.19. The number of imidazole rings is 1. The van der Waals surface area contributed by atoms with E-state index in [0.29, 0.717) is 10.7 Å². The van der Waals surface area contributed by atoms with E-state index >= 15 is 0 Å². The van der Waals surface area contributed by atoms with Gasteiger partial charge in [-0.05, 0) is 30.3 Å². The number of pyridine rings is 1. The van der Waals surface area contributed by atoms with E-state index in [4.69, 9.17) is 16.3 Å². The first kappa shape index (κ1) is 19.2. The molecule has 30 heavy (non-hydrogen) atoms. The molecule has 1 fully saturated rings. The summed E-state index contributed by atoms with van der Waals surface area (Å²) in [6, 6.07) is 16.7. The standard InChI is InChI=1S/C23H22ClFN4O/c1-30-21-7-6-17(24)12-16(21)15-27-8-10-28(11-9-27)23-14-18(25)13-22-26-19-4-2-3-5-20(19)29(22)23/h2-7,12-14H,8-11,15H2,1H3. The number of para-hydroxylation sites is 2. The van der Waals surface area contributed by atoms with Crippen LogP contribution in [0.1, 0.15) is 5.56 Å². The number of ether oxygens (including phenoxy) is 1. The molecule has 0 radical (unpaired) electrons. The van der Waals surface area contributed by atoms with E-state index < -0.39 is 0 Å². The van der Waals surface area contributed by atoms with Crippen molar-refractivity contribution in [3.05, 3.63) is 71.0 Å². The van der Waals surface area contributed by atoms with Gasteiger partial charge in [-0.25, -0.2) is 9.37 Å². The van der Waals surface area contributed by atoms with Crippen LogP contribution in [0.2, 0.25) is 5.02 Å². The number of halogens is 2. The second-order valence-corrected chi connectivity index (χ2v) is 7.98. The first-order chi connectivity index (χ1) is 14.6. The summed E-state index contributed by atoms with van der Waals surface area (Å²) in [5, 5.41) is 0.707. The van der Waals surface area contributed by atoms with Crippen molar-refractivity contribution < 1.29 is 9.13 Å². The molecule has 0 aliphatic carbocycles. The summed E-state index contributed by atoms with van der Waals surface area (Å²) in [5.74, 6) is 1.43. The number of hydrogen-bond acceptors (Lipinski definition) is 4. The summed E-state index contributed by atoms with van der Waals surface area (Å²) < 4.78 is 21.9. The number of rotatable bonds is 4.